The molecule has 4 heteroatoms. The number of rotatable bonds is 4. The molecule has 0 aliphatic heterocycles. The van der Waals surface area contributed by atoms with Crippen molar-refractivity contribution in [3.8, 4) is 0 Å². The van der Waals surface area contributed by atoms with Crippen molar-refractivity contribution in [3.05, 3.63) is 0 Å². The van der Waals surface area contributed by atoms with Gasteiger partial charge in [-0.2, -0.15) is 0 Å². The molecule has 0 aromatic rings. The first-order valence-electron chi connectivity index (χ1n) is 3.70. The number of carbonyl (C=O) groups is 1. The van der Waals surface area contributed by atoms with Crippen LogP contribution in [0, 0.1) is 0 Å². The standard InChI is InChI=1S/C7H14N2OS/c1-3-5(7(8)11)9-6(10)4-2/h5H,3-4H2,1-2H3,(H2,8,11)(H,9,10). The van der Waals surface area contributed by atoms with Crippen LogP contribution in [0.4, 0.5) is 0 Å². The average molecular weight is 174 g/mol. The molecule has 0 heterocycles. The normalized spacial score (nSPS) is 12.2. The minimum Gasteiger partial charge on any atom is -0.392 e. The molecule has 0 aromatic heterocycles. The van der Waals surface area contributed by atoms with Gasteiger partial charge in [0.05, 0.1) is 11.0 Å². The summed E-state index contributed by atoms with van der Waals surface area (Å²) in [7, 11) is 0. The molecule has 3 nitrogen and oxygen atoms in total. The topological polar surface area (TPSA) is 55.1 Å². The summed E-state index contributed by atoms with van der Waals surface area (Å²) in [6.07, 6.45) is 1.22. The van der Waals surface area contributed by atoms with Gasteiger partial charge in [0.2, 0.25) is 5.91 Å². The molecule has 0 aromatic carbocycles. The fraction of sp³-hybridized carbons (Fsp3) is 0.714. The predicted molar refractivity (Wildman–Crippen MR) is 49.3 cm³/mol. The number of hydrogen-bond donors (Lipinski definition) is 2. The Bertz CT molecular complexity index is 159. The molecule has 0 saturated carbocycles. The lowest BCUT2D eigenvalue weighted by atomic mass is 10.2. The van der Waals surface area contributed by atoms with Crippen molar-refractivity contribution in [1.82, 2.24) is 5.32 Å². The summed E-state index contributed by atoms with van der Waals surface area (Å²) in [6.45, 7) is 3.72. The summed E-state index contributed by atoms with van der Waals surface area (Å²) in [6, 6.07) is -0.141. The number of amides is 1. The van der Waals surface area contributed by atoms with Gasteiger partial charge in [-0.05, 0) is 6.42 Å². The van der Waals surface area contributed by atoms with E-state index in [1.54, 1.807) is 6.92 Å². The van der Waals surface area contributed by atoms with Crippen LogP contribution in [0.25, 0.3) is 0 Å². The Labute approximate surface area is 72.3 Å². The molecule has 3 N–H and O–H groups in total. The zero-order chi connectivity index (χ0) is 8.85. The molecule has 0 radical (unpaired) electrons. The molecule has 0 fully saturated rings. The fourth-order valence-electron chi connectivity index (χ4n) is 0.671. The number of carbonyl (C=O) groups excluding carboxylic acids is 1. The Morgan fingerprint density at radius 1 is 1.64 bits per heavy atom. The van der Waals surface area contributed by atoms with E-state index in [-0.39, 0.29) is 11.9 Å². The number of thiocarbonyl (C=S) groups is 1. The van der Waals surface area contributed by atoms with Crippen LogP contribution in [-0.2, 0) is 4.79 Å². The van der Waals surface area contributed by atoms with E-state index in [2.05, 4.69) is 5.32 Å². The molecule has 0 bridgehead atoms. The van der Waals surface area contributed by atoms with Crippen LogP contribution in [0.3, 0.4) is 0 Å². The van der Waals surface area contributed by atoms with Gasteiger partial charge in [-0.15, -0.1) is 0 Å². The summed E-state index contributed by atoms with van der Waals surface area (Å²) in [5.41, 5.74) is 5.37. The van der Waals surface area contributed by atoms with Crippen molar-refractivity contribution < 1.29 is 4.79 Å². The molecular formula is C7H14N2OS. The Hall–Kier alpha value is -0.640. The first-order valence-corrected chi connectivity index (χ1v) is 4.11. The van der Waals surface area contributed by atoms with Gasteiger partial charge in [-0.3, -0.25) is 4.79 Å². The lowest BCUT2D eigenvalue weighted by Crippen LogP contribution is -2.42. The summed E-state index contributed by atoms with van der Waals surface area (Å²) < 4.78 is 0. The van der Waals surface area contributed by atoms with E-state index in [9.17, 15) is 4.79 Å². The smallest absolute Gasteiger partial charge is 0.220 e. The largest absolute Gasteiger partial charge is 0.392 e. The van der Waals surface area contributed by atoms with Crippen LogP contribution in [0.15, 0.2) is 0 Å². The molecular weight excluding hydrogens is 160 g/mol. The molecule has 64 valence electrons. The second kappa shape index (κ2) is 5.07. The SMILES string of the molecule is CCC(=O)NC(CC)C(N)=S. The van der Waals surface area contributed by atoms with E-state index >= 15 is 0 Å². The highest BCUT2D eigenvalue weighted by Gasteiger charge is 2.10. The van der Waals surface area contributed by atoms with Gasteiger partial charge in [0.25, 0.3) is 0 Å². The highest BCUT2D eigenvalue weighted by Crippen LogP contribution is 1.91. The van der Waals surface area contributed by atoms with Gasteiger partial charge >= 0.3 is 0 Å². The monoisotopic (exact) mass is 174 g/mol. The third kappa shape index (κ3) is 3.93. The van der Waals surface area contributed by atoms with Crippen molar-refractivity contribution in [2.24, 2.45) is 5.73 Å². The van der Waals surface area contributed by atoms with Crippen LogP contribution in [0.5, 0.6) is 0 Å². The zero-order valence-corrected chi connectivity index (χ0v) is 7.70. The first kappa shape index (κ1) is 10.4. The van der Waals surface area contributed by atoms with Crippen molar-refractivity contribution in [3.63, 3.8) is 0 Å². The molecule has 0 spiro atoms. The maximum atomic E-state index is 10.9. The first-order chi connectivity index (χ1) is 5.11. The van der Waals surface area contributed by atoms with Gasteiger partial charge in [-0.1, -0.05) is 26.1 Å². The van der Waals surface area contributed by atoms with E-state index in [0.717, 1.165) is 6.42 Å². The highest BCUT2D eigenvalue weighted by atomic mass is 32.1. The third-order valence-electron chi connectivity index (χ3n) is 1.41. The predicted octanol–water partition coefficient (Wildman–Crippen LogP) is 0.577. The Kier molecular flexibility index (Phi) is 4.77. The zero-order valence-electron chi connectivity index (χ0n) is 6.89. The Morgan fingerprint density at radius 2 is 2.18 bits per heavy atom. The lowest BCUT2D eigenvalue weighted by molar-refractivity contribution is -0.121. The number of hydrogen-bond acceptors (Lipinski definition) is 2. The van der Waals surface area contributed by atoms with Crippen LogP contribution in [-0.4, -0.2) is 16.9 Å². The molecule has 0 saturated heterocycles. The van der Waals surface area contributed by atoms with Gasteiger partial charge in [0.1, 0.15) is 0 Å². The Morgan fingerprint density at radius 3 is 2.45 bits per heavy atom. The van der Waals surface area contributed by atoms with E-state index in [1.807, 2.05) is 6.92 Å². The van der Waals surface area contributed by atoms with Crippen LogP contribution >= 0.6 is 12.2 Å². The van der Waals surface area contributed by atoms with Gasteiger partial charge in [-0.25, -0.2) is 0 Å². The number of nitrogens with one attached hydrogen (secondary N) is 1. The summed E-state index contributed by atoms with van der Waals surface area (Å²) in [4.78, 5) is 11.2. The van der Waals surface area contributed by atoms with Gasteiger partial charge in [0.15, 0.2) is 0 Å². The highest BCUT2D eigenvalue weighted by molar-refractivity contribution is 7.80. The van der Waals surface area contributed by atoms with E-state index in [1.165, 1.54) is 0 Å². The fourth-order valence-corrected chi connectivity index (χ4v) is 0.896. The lowest BCUT2D eigenvalue weighted by Gasteiger charge is -2.14. The van der Waals surface area contributed by atoms with Crippen LogP contribution < -0.4 is 11.1 Å². The average Bonchev–Trinajstić information content (AvgIpc) is 1.99. The minimum absolute atomic E-state index is 0.00958. The second-order valence-corrected chi connectivity index (χ2v) is 2.76. The van der Waals surface area contributed by atoms with Crippen LogP contribution in [0.1, 0.15) is 26.7 Å². The molecule has 0 aliphatic carbocycles. The molecule has 1 unspecified atom stereocenters. The second-order valence-electron chi connectivity index (χ2n) is 2.28. The van der Waals surface area contributed by atoms with Crippen molar-refractivity contribution in [2.45, 2.75) is 32.7 Å². The van der Waals surface area contributed by atoms with Gasteiger partial charge < -0.3 is 11.1 Å². The maximum Gasteiger partial charge on any atom is 0.220 e. The molecule has 1 amide bonds. The quantitative estimate of drug-likeness (QED) is 0.613. The van der Waals surface area contributed by atoms with Crippen molar-refractivity contribution >= 4 is 23.1 Å². The number of nitrogens with two attached hydrogens (primary N) is 1. The van der Waals surface area contributed by atoms with E-state index < -0.39 is 0 Å². The van der Waals surface area contributed by atoms with Crippen molar-refractivity contribution in [1.29, 1.82) is 0 Å². The maximum absolute atomic E-state index is 10.9. The van der Waals surface area contributed by atoms with E-state index in [4.69, 9.17) is 18.0 Å². The van der Waals surface area contributed by atoms with Gasteiger partial charge in [0, 0.05) is 6.42 Å². The van der Waals surface area contributed by atoms with Crippen LogP contribution in [0.2, 0.25) is 0 Å². The summed E-state index contributed by atoms with van der Waals surface area (Å²) >= 11 is 4.75. The molecule has 0 rings (SSSR count). The van der Waals surface area contributed by atoms with Crippen molar-refractivity contribution in [2.75, 3.05) is 0 Å². The van der Waals surface area contributed by atoms with E-state index in [0.29, 0.717) is 11.4 Å². The third-order valence-corrected chi connectivity index (χ3v) is 1.69. The molecule has 1 atom stereocenters. The molecule has 0 aliphatic rings. The Balaban J connectivity index is 3.88. The minimum atomic E-state index is -0.141. The summed E-state index contributed by atoms with van der Waals surface area (Å²) in [5, 5.41) is 2.71. The summed E-state index contributed by atoms with van der Waals surface area (Å²) in [5.74, 6) is -0.00958. The molecule has 11 heavy (non-hydrogen) atoms.